The van der Waals surface area contributed by atoms with Gasteiger partial charge in [0, 0.05) is 24.6 Å². The van der Waals surface area contributed by atoms with Crippen LogP contribution in [0.1, 0.15) is 86.5 Å². The Morgan fingerprint density at radius 3 is 2.73 bits per heavy atom. The lowest BCUT2D eigenvalue weighted by Gasteiger charge is -2.43. The standard InChI is InChI=1S/C24H43NO2.CH2O2/c1-7-8-15-26-18-22-17-25(20(4)5)23(27-22)24(6)14-10-13-21(16-24)12-9-11-19(2)3;2-1-3/h11,13,20,22-23H,7-10,12,14-18H2,1-6H3;1H,(H,2,3). The van der Waals surface area contributed by atoms with Crippen molar-refractivity contribution in [3.63, 3.8) is 0 Å². The highest BCUT2D eigenvalue weighted by molar-refractivity contribution is 5.32. The second-order valence-electron chi connectivity index (χ2n) is 9.49. The zero-order chi connectivity index (χ0) is 22.6. The van der Waals surface area contributed by atoms with E-state index in [0.717, 1.165) is 32.6 Å². The number of carboxylic acid groups (broad SMARTS) is 1. The fourth-order valence-corrected chi connectivity index (χ4v) is 4.47. The van der Waals surface area contributed by atoms with Gasteiger partial charge in [-0.15, -0.1) is 0 Å². The lowest BCUT2D eigenvalue weighted by Crippen LogP contribution is -2.47. The highest BCUT2D eigenvalue weighted by Crippen LogP contribution is 2.45. The Bertz CT molecular complexity index is 553. The largest absolute Gasteiger partial charge is 0.483 e. The quantitative estimate of drug-likeness (QED) is 0.273. The summed E-state index contributed by atoms with van der Waals surface area (Å²) in [6, 6.07) is 0.507. The zero-order valence-electron chi connectivity index (χ0n) is 20.2. The molecule has 1 aliphatic heterocycles. The summed E-state index contributed by atoms with van der Waals surface area (Å²) in [4.78, 5) is 10.9. The van der Waals surface area contributed by atoms with E-state index in [-0.39, 0.29) is 24.2 Å². The molecule has 0 aromatic carbocycles. The first kappa shape index (κ1) is 26.9. The minimum atomic E-state index is -0.250. The average Bonchev–Trinajstić information content (AvgIpc) is 3.11. The number of hydrogen-bond acceptors (Lipinski definition) is 4. The molecule has 0 spiro atoms. The Kier molecular flexibility index (Phi) is 12.5. The van der Waals surface area contributed by atoms with Crippen molar-refractivity contribution in [2.24, 2.45) is 5.41 Å². The minimum Gasteiger partial charge on any atom is -0.483 e. The van der Waals surface area contributed by atoms with E-state index >= 15 is 0 Å². The Morgan fingerprint density at radius 1 is 1.43 bits per heavy atom. The van der Waals surface area contributed by atoms with Gasteiger partial charge in [-0.1, -0.05) is 43.6 Å². The van der Waals surface area contributed by atoms with Gasteiger partial charge in [-0.05, 0) is 66.2 Å². The van der Waals surface area contributed by atoms with Crippen LogP contribution in [-0.4, -0.2) is 54.6 Å². The van der Waals surface area contributed by atoms with Crippen molar-refractivity contribution in [2.75, 3.05) is 19.8 Å². The summed E-state index contributed by atoms with van der Waals surface area (Å²) in [6.45, 7) is 16.0. The maximum absolute atomic E-state index is 8.36. The molecule has 1 saturated heterocycles. The molecular formula is C25H45NO4. The summed E-state index contributed by atoms with van der Waals surface area (Å²) in [7, 11) is 0. The molecule has 1 N–H and O–H groups in total. The molecule has 3 atom stereocenters. The van der Waals surface area contributed by atoms with Gasteiger partial charge in [-0.2, -0.15) is 0 Å². The highest BCUT2D eigenvalue weighted by atomic mass is 16.6. The molecule has 1 fully saturated rings. The molecule has 5 heteroatoms. The maximum Gasteiger partial charge on any atom is 0.290 e. The second kappa shape index (κ2) is 14.0. The molecule has 0 bridgehead atoms. The van der Waals surface area contributed by atoms with Crippen LogP contribution in [0.15, 0.2) is 23.3 Å². The molecule has 2 aliphatic rings. The van der Waals surface area contributed by atoms with Gasteiger partial charge in [0.05, 0.1) is 12.7 Å². The lowest BCUT2D eigenvalue weighted by atomic mass is 9.72. The monoisotopic (exact) mass is 423 g/mol. The first-order chi connectivity index (χ1) is 14.3. The van der Waals surface area contributed by atoms with E-state index in [9.17, 15) is 0 Å². The second-order valence-corrected chi connectivity index (χ2v) is 9.49. The molecule has 0 saturated carbocycles. The van der Waals surface area contributed by atoms with Crippen LogP contribution >= 0.6 is 0 Å². The molecule has 30 heavy (non-hydrogen) atoms. The topological polar surface area (TPSA) is 59.0 Å². The summed E-state index contributed by atoms with van der Waals surface area (Å²) in [6.07, 6.45) is 13.5. The van der Waals surface area contributed by atoms with E-state index < -0.39 is 0 Å². The fraction of sp³-hybridized carbons (Fsp3) is 0.800. The minimum absolute atomic E-state index is 0.206. The summed E-state index contributed by atoms with van der Waals surface area (Å²) in [5, 5.41) is 6.89. The number of rotatable bonds is 10. The smallest absolute Gasteiger partial charge is 0.290 e. The molecular weight excluding hydrogens is 378 g/mol. The van der Waals surface area contributed by atoms with Crippen LogP contribution < -0.4 is 0 Å². The van der Waals surface area contributed by atoms with Gasteiger partial charge in [-0.25, -0.2) is 0 Å². The molecule has 0 aromatic rings. The molecule has 5 nitrogen and oxygen atoms in total. The summed E-state index contributed by atoms with van der Waals surface area (Å²) in [5.41, 5.74) is 3.25. The number of ether oxygens (including phenoxy) is 2. The molecule has 1 aliphatic carbocycles. The third kappa shape index (κ3) is 8.91. The van der Waals surface area contributed by atoms with Gasteiger partial charge in [0.2, 0.25) is 0 Å². The Balaban J connectivity index is 0.00000141. The van der Waals surface area contributed by atoms with Crippen molar-refractivity contribution in [2.45, 2.75) is 105 Å². The van der Waals surface area contributed by atoms with Gasteiger partial charge in [0.25, 0.3) is 6.47 Å². The van der Waals surface area contributed by atoms with Gasteiger partial charge in [0.1, 0.15) is 6.23 Å². The first-order valence-electron chi connectivity index (χ1n) is 11.7. The molecule has 1 heterocycles. The van der Waals surface area contributed by atoms with E-state index in [1.807, 2.05) is 0 Å². The summed E-state index contributed by atoms with van der Waals surface area (Å²) in [5.74, 6) is 0. The highest BCUT2D eigenvalue weighted by Gasteiger charge is 2.46. The molecule has 2 rings (SSSR count). The predicted octanol–water partition coefficient (Wildman–Crippen LogP) is 5.80. The van der Waals surface area contributed by atoms with Crippen molar-refractivity contribution >= 4 is 6.47 Å². The van der Waals surface area contributed by atoms with Crippen molar-refractivity contribution in [3.8, 4) is 0 Å². The van der Waals surface area contributed by atoms with E-state index in [0.29, 0.717) is 6.04 Å². The third-order valence-corrected chi connectivity index (χ3v) is 6.04. The fourth-order valence-electron chi connectivity index (χ4n) is 4.47. The number of unbranched alkanes of at least 4 members (excludes halogenated alkanes) is 1. The molecule has 3 unspecified atom stereocenters. The molecule has 0 radical (unpaired) electrons. The Hall–Kier alpha value is -1.17. The van der Waals surface area contributed by atoms with Crippen LogP contribution in [0, 0.1) is 5.41 Å². The van der Waals surface area contributed by atoms with Gasteiger partial charge in [-0.3, -0.25) is 9.69 Å². The van der Waals surface area contributed by atoms with E-state index in [2.05, 4.69) is 58.6 Å². The lowest BCUT2D eigenvalue weighted by molar-refractivity contribution is -0.122. The van der Waals surface area contributed by atoms with Crippen LogP contribution in [0.4, 0.5) is 0 Å². The Morgan fingerprint density at radius 2 is 2.13 bits per heavy atom. The van der Waals surface area contributed by atoms with Crippen LogP contribution in [0.3, 0.4) is 0 Å². The zero-order valence-corrected chi connectivity index (χ0v) is 20.2. The maximum atomic E-state index is 8.36. The first-order valence-corrected chi connectivity index (χ1v) is 11.7. The molecule has 174 valence electrons. The summed E-state index contributed by atoms with van der Waals surface area (Å²) >= 11 is 0. The number of hydrogen-bond donors (Lipinski definition) is 1. The van der Waals surface area contributed by atoms with Crippen LogP contribution in [0.2, 0.25) is 0 Å². The van der Waals surface area contributed by atoms with Gasteiger partial charge in [0.15, 0.2) is 0 Å². The van der Waals surface area contributed by atoms with Crippen molar-refractivity contribution in [3.05, 3.63) is 23.3 Å². The Labute approximate surface area is 184 Å². The van der Waals surface area contributed by atoms with Crippen molar-refractivity contribution < 1.29 is 19.4 Å². The van der Waals surface area contributed by atoms with E-state index in [1.54, 1.807) is 5.57 Å². The normalized spacial score (nSPS) is 26.7. The van der Waals surface area contributed by atoms with E-state index in [1.165, 1.54) is 37.7 Å². The number of nitrogens with zero attached hydrogens (tertiary/aromatic N) is 1. The van der Waals surface area contributed by atoms with Crippen LogP contribution in [0.25, 0.3) is 0 Å². The molecule has 0 amide bonds. The third-order valence-electron chi connectivity index (χ3n) is 6.04. The average molecular weight is 424 g/mol. The van der Waals surface area contributed by atoms with E-state index in [4.69, 9.17) is 19.4 Å². The van der Waals surface area contributed by atoms with Crippen molar-refractivity contribution in [1.29, 1.82) is 0 Å². The van der Waals surface area contributed by atoms with Crippen LogP contribution in [0.5, 0.6) is 0 Å². The number of carbonyl (C=O) groups is 1. The number of allylic oxidation sites excluding steroid dienone is 4. The van der Waals surface area contributed by atoms with Crippen LogP contribution in [-0.2, 0) is 14.3 Å². The molecule has 0 aromatic heterocycles. The SMILES string of the molecule is CCCCOCC1CN(C(C)C)C(C2(C)CCC=C(CCC=C(C)C)C2)O1.O=CO. The van der Waals surface area contributed by atoms with Crippen molar-refractivity contribution in [1.82, 2.24) is 4.90 Å². The van der Waals surface area contributed by atoms with Gasteiger partial charge < -0.3 is 14.6 Å². The van der Waals surface area contributed by atoms with Gasteiger partial charge >= 0.3 is 0 Å². The summed E-state index contributed by atoms with van der Waals surface area (Å²) < 4.78 is 12.5. The predicted molar refractivity (Wildman–Crippen MR) is 124 cm³/mol.